The minimum atomic E-state index is -0.818. The molecular formula is C55H93NO5. The third-order valence-corrected chi connectivity index (χ3v) is 10.7. The lowest BCUT2D eigenvalue weighted by atomic mass is 10.0. The fourth-order valence-corrected chi connectivity index (χ4v) is 6.94. The van der Waals surface area contributed by atoms with E-state index in [1.54, 1.807) is 0 Å². The molecule has 0 saturated carbocycles. The average Bonchev–Trinajstić information content (AvgIpc) is 3.25. The van der Waals surface area contributed by atoms with E-state index in [1.807, 2.05) is 12.2 Å². The normalized spacial score (nSPS) is 14.1. The zero-order chi connectivity index (χ0) is 44.5. The Balaban J connectivity index is 4.77. The summed E-state index contributed by atoms with van der Waals surface area (Å²) >= 11 is 0. The number of carbonyl (C=O) groups is 2. The molecule has 0 aliphatic heterocycles. The third kappa shape index (κ3) is 43.2. The summed E-state index contributed by atoms with van der Waals surface area (Å²) in [7, 11) is 0. The number of unbranched alkanes of at least 4 members (excludes halogenated alkanes) is 16. The predicted molar refractivity (Wildman–Crippen MR) is 264 cm³/mol. The number of carbonyl (C=O) groups excluding carboxylic acids is 2. The van der Waals surface area contributed by atoms with Crippen LogP contribution in [0.5, 0.6) is 0 Å². The van der Waals surface area contributed by atoms with Crippen molar-refractivity contribution in [2.45, 2.75) is 232 Å². The number of esters is 1. The number of aliphatic hydroxyl groups is 2. The SMILES string of the molecule is CC/C=C\C/C=C\C/C=C\C/C=C\C/C=C\CC(CC(=O)NC(CO)C(O)CCCCCCCCCCCCC)OC(=O)CCCCCCCC/C=C/C/C=C/C/C=C/CC. The molecule has 0 aliphatic carbocycles. The van der Waals surface area contributed by atoms with E-state index in [4.69, 9.17) is 4.74 Å². The lowest BCUT2D eigenvalue weighted by Crippen LogP contribution is -2.46. The maximum absolute atomic E-state index is 13.2. The topological polar surface area (TPSA) is 95.9 Å². The molecule has 0 aromatic carbocycles. The molecule has 0 radical (unpaired) electrons. The number of hydrogen-bond donors (Lipinski definition) is 3. The Morgan fingerprint density at radius 1 is 0.508 bits per heavy atom. The molecule has 6 nitrogen and oxygen atoms in total. The molecule has 6 heteroatoms. The van der Waals surface area contributed by atoms with Crippen molar-refractivity contribution in [2.24, 2.45) is 0 Å². The van der Waals surface area contributed by atoms with Gasteiger partial charge in [0.25, 0.3) is 0 Å². The van der Waals surface area contributed by atoms with Crippen LogP contribution in [0.15, 0.2) is 97.2 Å². The Bertz CT molecular complexity index is 1220. The number of hydrogen-bond acceptors (Lipinski definition) is 5. The number of allylic oxidation sites excluding steroid dienone is 15. The van der Waals surface area contributed by atoms with Crippen molar-refractivity contribution in [3.63, 3.8) is 0 Å². The van der Waals surface area contributed by atoms with Crippen LogP contribution in [0.1, 0.15) is 213 Å². The minimum Gasteiger partial charge on any atom is -0.461 e. The first-order valence-corrected chi connectivity index (χ1v) is 25.0. The summed E-state index contributed by atoms with van der Waals surface area (Å²) in [6, 6.07) is -0.739. The highest BCUT2D eigenvalue weighted by atomic mass is 16.5. The molecule has 0 aromatic rings. The van der Waals surface area contributed by atoms with Gasteiger partial charge in [0, 0.05) is 12.8 Å². The monoisotopic (exact) mass is 848 g/mol. The largest absolute Gasteiger partial charge is 0.461 e. The number of amides is 1. The molecule has 61 heavy (non-hydrogen) atoms. The van der Waals surface area contributed by atoms with Crippen molar-refractivity contribution in [1.29, 1.82) is 0 Å². The van der Waals surface area contributed by atoms with E-state index in [0.717, 1.165) is 103 Å². The maximum atomic E-state index is 13.2. The molecule has 0 saturated heterocycles. The lowest BCUT2D eigenvalue weighted by Gasteiger charge is -2.24. The Kier molecular flexibility index (Phi) is 45.3. The molecule has 0 aromatic heterocycles. The Labute approximate surface area is 376 Å². The molecular weight excluding hydrogens is 755 g/mol. The van der Waals surface area contributed by atoms with Crippen LogP contribution in [0.4, 0.5) is 0 Å². The fraction of sp³-hybridized carbons (Fsp3) is 0.673. The summed E-state index contributed by atoms with van der Waals surface area (Å²) in [5.41, 5.74) is 0. The summed E-state index contributed by atoms with van der Waals surface area (Å²) in [6.07, 6.45) is 63.4. The zero-order valence-corrected chi connectivity index (χ0v) is 39.5. The standard InChI is InChI=1S/C55H93NO5/c1-4-7-10-13-16-19-22-24-26-28-30-33-36-39-42-45-48-55(60)61-51(46-43-40-37-34-32-29-27-25-23-20-17-14-11-8-5-2)49-54(59)56-52(50-57)53(58)47-44-41-38-35-31-21-18-15-12-9-6-3/h7-8,10-11,16-17,19-20,24-27,32,34,40,43,51-53,57-58H,4-6,9,12-15,18,21-23,28-31,33,35-39,41-42,44-50H2,1-3H3,(H,56,59)/b10-7+,11-8-,19-16+,20-17-,26-24+,27-25-,34-32-,43-40-. The molecule has 348 valence electrons. The van der Waals surface area contributed by atoms with Crippen molar-refractivity contribution < 1.29 is 24.5 Å². The van der Waals surface area contributed by atoms with Gasteiger partial charge < -0.3 is 20.3 Å². The van der Waals surface area contributed by atoms with Gasteiger partial charge in [0.1, 0.15) is 6.10 Å². The van der Waals surface area contributed by atoms with Gasteiger partial charge in [-0.15, -0.1) is 0 Å². The van der Waals surface area contributed by atoms with E-state index in [9.17, 15) is 19.8 Å². The summed E-state index contributed by atoms with van der Waals surface area (Å²) in [5.74, 6) is -0.603. The van der Waals surface area contributed by atoms with E-state index in [-0.39, 0.29) is 24.9 Å². The van der Waals surface area contributed by atoms with Crippen molar-refractivity contribution in [2.75, 3.05) is 6.61 Å². The molecule has 0 heterocycles. The van der Waals surface area contributed by atoms with Crippen LogP contribution in [-0.4, -0.2) is 46.9 Å². The van der Waals surface area contributed by atoms with Gasteiger partial charge in [-0.1, -0.05) is 214 Å². The summed E-state index contributed by atoms with van der Waals surface area (Å²) in [6.45, 7) is 6.21. The molecule has 0 spiro atoms. The first kappa shape index (κ1) is 57.8. The summed E-state index contributed by atoms with van der Waals surface area (Å²) in [5, 5.41) is 23.7. The van der Waals surface area contributed by atoms with Gasteiger partial charge in [0.2, 0.25) is 5.91 Å². The average molecular weight is 848 g/mol. The quantitative estimate of drug-likeness (QED) is 0.0323. The van der Waals surface area contributed by atoms with Gasteiger partial charge in [-0.3, -0.25) is 9.59 Å². The van der Waals surface area contributed by atoms with E-state index in [0.29, 0.717) is 19.3 Å². The second-order valence-electron chi connectivity index (χ2n) is 16.5. The molecule has 0 fully saturated rings. The van der Waals surface area contributed by atoms with Gasteiger partial charge in [0.05, 0.1) is 25.2 Å². The lowest BCUT2D eigenvalue weighted by molar-refractivity contribution is -0.150. The number of rotatable bonds is 43. The number of nitrogens with one attached hydrogen (secondary N) is 1. The number of ether oxygens (including phenoxy) is 1. The first-order chi connectivity index (χ1) is 30.0. The van der Waals surface area contributed by atoms with Crippen LogP contribution in [0, 0.1) is 0 Å². The van der Waals surface area contributed by atoms with Crippen LogP contribution in [0.25, 0.3) is 0 Å². The van der Waals surface area contributed by atoms with Crippen LogP contribution in [0.3, 0.4) is 0 Å². The van der Waals surface area contributed by atoms with Crippen molar-refractivity contribution in [3.05, 3.63) is 97.2 Å². The molecule has 1 amide bonds. The van der Waals surface area contributed by atoms with Gasteiger partial charge in [-0.25, -0.2) is 0 Å². The van der Waals surface area contributed by atoms with E-state index in [2.05, 4.69) is 111 Å². The van der Waals surface area contributed by atoms with Crippen molar-refractivity contribution >= 4 is 11.9 Å². The number of aliphatic hydroxyl groups excluding tert-OH is 2. The molecule has 0 aliphatic rings. The summed E-state index contributed by atoms with van der Waals surface area (Å²) < 4.78 is 5.86. The minimum absolute atomic E-state index is 0.0112. The van der Waals surface area contributed by atoms with Gasteiger partial charge in [-0.05, 0) is 77.0 Å². The predicted octanol–water partition coefficient (Wildman–Crippen LogP) is 14.9. The second-order valence-corrected chi connectivity index (χ2v) is 16.5. The highest BCUT2D eigenvalue weighted by Gasteiger charge is 2.23. The smallest absolute Gasteiger partial charge is 0.306 e. The van der Waals surface area contributed by atoms with Crippen LogP contribution >= 0.6 is 0 Å². The third-order valence-electron chi connectivity index (χ3n) is 10.7. The highest BCUT2D eigenvalue weighted by molar-refractivity contribution is 5.77. The molecule has 0 rings (SSSR count). The van der Waals surface area contributed by atoms with E-state index in [1.165, 1.54) is 64.2 Å². The van der Waals surface area contributed by atoms with Crippen molar-refractivity contribution in [1.82, 2.24) is 5.32 Å². The Morgan fingerprint density at radius 3 is 1.39 bits per heavy atom. The van der Waals surface area contributed by atoms with Gasteiger partial charge in [-0.2, -0.15) is 0 Å². The van der Waals surface area contributed by atoms with Crippen molar-refractivity contribution in [3.8, 4) is 0 Å². The highest BCUT2D eigenvalue weighted by Crippen LogP contribution is 2.16. The van der Waals surface area contributed by atoms with Crippen LogP contribution in [-0.2, 0) is 14.3 Å². The van der Waals surface area contributed by atoms with Gasteiger partial charge >= 0.3 is 5.97 Å². The first-order valence-electron chi connectivity index (χ1n) is 25.0. The second kappa shape index (κ2) is 47.8. The van der Waals surface area contributed by atoms with Gasteiger partial charge in [0.15, 0.2) is 0 Å². The Morgan fingerprint density at radius 2 is 0.918 bits per heavy atom. The van der Waals surface area contributed by atoms with E-state index >= 15 is 0 Å². The van der Waals surface area contributed by atoms with Crippen LogP contribution in [0.2, 0.25) is 0 Å². The summed E-state index contributed by atoms with van der Waals surface area (Å²) in [4.78, 5) is 26.1. The molecule has 3 N–H and O–H groups in total. The van der Waals surface area contributed by atoms with Crippen LogP contribution < -0.4 is 5.32 Å². The molecule has 3 atom stereocenters. The molecule has 3 unspecified atom stereocenters. The zero-order valence-electron chi connectivity index (χ0n) is 39.5. The molecule has 0 bridgehead atoms. The fourth-order valence-electron chi connectivity index (χ4n) is 6.94. The maximum Gasteiger partial charge on any atom is 0.306 e. The van der Waals surface area contributed by atoms with E-state index < -0.39 is 18.2 Å². The Hall–Kier alpha value is -3.22.